The molecule has 8 heteroatoms. The predicted molar refractivity (Wildman–Crippen MR) is 107 cm³/mol. The summed E-state index contributed by atoms with van der Waals surface area (Å²) >= 11 is 1.46. The van der Waals surface area contributed by atoms with E-state index in [2.05, 4.69) is 15.0 Å². The number of H-pyrrole nitrogens is 1. The van der Waals surface area contributed by atoms with Gasteiger partial charge in [0.05, 0.1) is 16.3 Å². The molecule has 2 aliphatic heterocycles. The lowest BCUT2D eigenvalue weighted by molar-refractivity contribution is 0.0598. The quantitative estimate of drug-likeness (QED) is 0.723. The molecule has 7 nitrogen and oxygen atoms in total. The number of nitrogens with zero attached hydrogens (tertiary/aromatic N) is 4. The van der Waals surface area contributed by atoms with Crippen LogP contribution in [0.3, 0.4) is 0 Å². The fourth-order valence-corrected chi connectivity index (χ4v) is 5.47. The van der Waals surface area contributed by atoms with Gasteiger partial charge in [0.2, 0.25) is 0 Å². The zero-order valence-electron chi connectivity index (χ0n) is 15.8. The van der Waals surface area contributed by atoms with Crippen molar-refractivity contribution in [1.29, 1.82) is 0 Å². The van der Waals surface area contributed by atoms with Crippen molar-refractivity contribution in [3.63, 3.8) is 0 Å². The highest BCUT2D eigenvalue weighted by Crippen LogP contribution is 2.36. The maximum Gasteiger partial charge on any atom is 0.265 e. The predicted octanol–water partition coefficient (Wildman–Crippen LogP) is 2.57. The number of hydrogen-bond acceptors (Lipinski definition) is 5. The molecule has 0 saturated carbocycles. The van der Waals surface area contributed by atoms with Crippen molar-refractivity contribution in [2.24, 2.45) is 5.92 Å². The van der Waals surface area contributed by atoms with Crippen LogP contribution in [0.5, 0.6) is 0 Å². The number of carbonyl (C=O) groups excluding carboxylic acids is 1. The minimum Gasteiger partial charge on any atom is -0.344 e. The number of nitrogens with one attached hydrogen (secondary N) is 1. The largest absolute Gasteiger partial charge is 0.344 e. The first-order valence-corrected chi connectivity index (χ1v) is 10.3. The lowest BCUT2D eigenvalue weighted by Gasteiger charge is -2.42. The Labute approximate surface area is 166 Å². The number of rotatable bonds is 2. The van der Waals surface area contributed by atoms with E-state index in [4.69, 9.17) is 0 Å². The van der Waals surface area contributed by atoms with Gasteiger partial charge in [0.1, 0.15) is 10.7 Å². The van der Waals surface area contributed by atoms with Crippen LogP contribution >= 0.6 is 11.3 Å². The van der Waals surface area contributed by atoms with E-state index in [0.29, 0.717) is 31.0 Å². The van der Waals surface area contributed by atoms with E-state index in [9.17, 15) is 9.59 Å². The van der Waals surface area contributed by atoms with Gasteiger partial charge in [0.25, 0.3) is 11.5 Å². The molecule has 0 radical (unpaired) electrons. The molecule has 28 heavy (non-hydrogen) atoms. The van der Waals surface area contributed by atoms with E-state index in [1.807, 2.05) is 35.4 Å². The molecule has 3 aromatic heterocycles. The molecule has 2 atom stereocenters. The Kier molecular flexibility index (Phi) is 3.97. The number of aromatic amines is 1. The Morgan fingerprint density at radius 3 is 2.82 bits per heavy atom. The van der Waals surface area contributed by atoms with Crippen LogP contribution in [0.1, 0.15) is 38.4 Å². The summed E-state index contributed by atoms with van der Waals surface area (Å²) in [6.45, 7) is 5.79. The fourth-order valence-electron chi connectivity index (χ4n) is 4.58. The van der Waals surface area contributed by atoms with Gasteiger partial charge in [-0.05, 0) is 38.3 Å². The number of aryl methyl sites for hydroxylation is 2. The van der Waals surface area contributed by atoms with Crippen LogP contribution in [0.25, 0.3) is 11.4 Å². The molecule has 0 aliphatic carbocycles. The van der Waals surface area contributed by atoms with Crippen molar-refractivity contribution >= 4 is 17.2 Å². The Bertz CT molecular complexity index is 1110. The molecule has 1 fully saturated rings. The number of carbonyl (C=O) groups is 1. The first-order valence-electron chi connectivity index (χ1n) is 9.48. The lowest BCUT2D eigenvalue weighted by Crippen LogP contribution is -2.49. The Balaban J connectivity index is 1.47. The summed E-state index contributed by atoms with van der Waals surface area (Å²) in [5.41, 5.74) is 2.42. The van der Waals surface area contributed by atoms with Gasteiger partial charge in [0, 0.05) is 43.6 Å². The van der Waals surface area contributed by atoms with Gasteiger partial charge in [0.15, 0.2) is 0 Å². The molecule has 0 unspecified atom stereocenters. The summed E-state index contributed by atoms with van der Waals surface area (Å²) in [4.78, 5) is 40.4. The topological polar surface area (TPSA) is 83.9 Å². The smallest absolute Gasteiger partial charge is 0.265 e. The Morgan fingerprint density at radius 2 is 2.11 bits per heavy atom. The molecule has 1 amide bonds. The molecule has 1 N–H and O–H groups in total. The van der Waals surface area contributed by atoms with E-state index >= 15 is 0 Å². The molecule has 5 rings (SSSR count). The van der Waals surface area contributed by atoms with Crippen LogP contribution in [0.15, 0.2) is 29.3 Å². The van der Waals surface area contributed by atoms with Gasteiger partial charge in [-0.15, -0.1) is 11.3 Å². The van der Waals surface area contributed by atoms with Crippen LogP contribution in [-0.2, 0) is 6.54 Å². The first kappa shape index (κ1) is 17.4. The van der Waals surface area contributed by atoms with E-state index in [1.54, 1.807) is 12.4 Å². The zero-order chi connectivity index (χ0) is 19.4. The fraction of sp³-hybridized carbons (Fsp3) is 0.400. The summed E-state index contributed by atoms with van der Waals surface area (Å²) in [5.74, 6) is 1.14. The summed E-state index contributed by atoms with van der Waals surface area (Å²) in [6.07, 6.45) is 4.39. The highest BCUT2D eigenvalue weighted by Gasteiger charge is 2.37. The SMILES string of the molecule is Cc1nc(C)c(C(=O)N2C[C@@H]3C[C@H](C2)c2ccc(-c4ncc[nH]4)c(=O)n2C3)s1. The average molecular weight is 395 g/mol. The number of likely N-dealkylation sites (tertiary alicyclic amines) is 1. The van der Waals surface area contributed by atoms with Crippen LogP contribution in [-0.4, -0.2) is 43.4 Å². The molecule has 5 heterocycles. The van der Waals surface area contributed by atoms with Gasteiger partial charge < -0.3 is 14.5 Å². The number of aromatic nitrogens is 4. The van der Waals surface area contributed by atoms with Gasteiger partial charge >= 0.3 is 0 Å². The summed E-state index contributed by atoms with van der Waals surface area (Å²) in [6, 6.07) is 3.88. The van der Waals surface area contributed by atoms with E-state index in [-0.39, 0.29) is 23.3 Å². The maximum atomic E-state index is 13.1. The van der Waals surface area contributed by atoms with Crippen molar-refractivity contribution in [3.05, 3.63) is 56.2 Å². The van der Waals surface area contributed by atoms with E-state index in [1.165, 1.54) is 11.3 Å². The third-order valence-electron chi connectivity index (χ3n) is 5.74. The third kappa shape index (κ3) is 2.71. The van der Waals surface area contributed by atoms with Crippen LogP contribution in [0, 0.1) is 19.8 Å². The Morgan fingerprint density at radius 1 is 1.25 bits per heavy atom. The minimum atomic E-state index is -0.00384. The highest BCUT2D eigenvalue weighted by molar-refractivity contribution is 7.13. The summed E-state index contributed by atoms with van der Waals surface area (Å²) in [5, 5.41) is 0.917. The van der Waals surface area contributed by atoms with E-state index < -0.39 is 0 Å². The van der Waals surface area contributed by atoms with Gasteiger partial charge in [-0.3, -0.25) is 9.59 Å². The average Bonchev–Trinajstić information content (AvgIpc) is 3.31. The van der Waals surface area contributed by atoms with Crippen molar-refractivity contribution < 1.29 is 4.79 Å². The van der Waals surface area contributed by atoms with E-state index in [0.717, 1.165) is 27.7 Å². The van der Waals surface area contributed by atoms with Crippen LogP contribution in [0.2, 0.25) is 0 Å². The molecular weight excluding hydrogens is 374 g/mol. The monoisotopic (exact) mass is 395 g/mol. The number of amides is 1. The summed E-state index contributed by atoms with van der Waals surface area (Å²) < 4.78 is 1.89. The molecule has 144 valence electrons. The second-order valence-electron chi connectivity index (χ2n) is 7.68. The zero-order valence-corrected chi connectivity index (χ0v) is 16.6. The number of fused-ring (bicyclic) bond motifs is 4. The van der Waals surface area contributed by atoms with Gasteiger partial charge in [-0.25, -0.2) is 9.97 Å². The van der Waals surface area contributed by atoms with Gasteiger partial charge in [-0.2, -0.15) is 0 Å². The van der Waals surface area contributed by atoms with Crippen LogP contribution in [0.4, 0.5) is 0 Å². The lowest BCUT2D eigenvalue weighted by atomic mass is 9.83. The maximum absolute atomic E-state index is 13.1. The molecule has 2 aliphatic rings. The highest BCUT2D eigenvalue weighted by atomic mass is 32.1. The number of pyridine rings is 1. The van der Waals surface area contributed by atoms with Crippen molar-refractivity contribution in [2.45, 2.75) is 32.7 Å². The van der Waals surface area contributed by atoms with Crippen molar-refractivity contribution in [3.8, 4) is 11.4 Å². The third-order valence-corrected chi connectivity index (χ3v) is 6.80. The number of thiazole rings is 1. The number of imidazole rings is 1. The molecule has 2 bridgehead atoms. The number of hydrogen-bond donors (Lipinski definition) is 1. The second-order valence-corrected chi connectivity index (χ2v) is 8.88. The molecular formula is C20H21N5O2S. The Hall–Kier alpha value is -2.74. The van der Waals surface area contributed by atoms with Crippen molar-refractivity contribution in [1.82, 2.24) is 24.4 Å². The molecule has 0 spiro atoms. The number of piperidine rings is 1. The molecule has 1 saturated heterocycles. The first-order chi connectivity index (χ1) is 13.5. The molecule has 0 aromatic carbocycles. The minimum absolute atomic E-state index is 0.00384. The molecule has 3 aromatic rings. The standard InChI is InChI=1S/C20H21N5O2S/c1-11-17(28-12(2)23-11)20(27)24-8-13-7-14(10-24)16-4-3-15(18-21-5-6-22-18)19(26)25(16)9-13/h3-6,13-14H,7-10H2,1-2H3,(H,21,22)/t13-,14+/m0/s1. The van der Waals surface area contributed by atoms with Crippen LogP contribution < -0.4 is 5.56 Å². The van der Waals surface area contributed by atoms with Crippen molar-refractivity contribution in [2.75, 3.05) is 13.1 Å². The summed E-state index contributed by atoms with van der Waals surface area (Å²) in [7, 11) is 0. The normalized spacial score (nSPS) is 20.9. The second kappa shape index (κ2) is 6.41. The van der Waals surface area contributed by atoms with Gasteiger partial charge in [-0.1, -0.05) is 0 Å².